The fraction of sp³-hybridized carbons (Fsp3) is 0.750. The number of aryl methyl sites for hydroxylation is 1. The number of ether oxygens (including phenoxy) is 1. The summed E-state index contributed by atoms with van der Waals surface area (Å²) in [4.78, 5) is 9.65. The molecule has 0 radical (unpaired) electrons. The van der Waals surface area contributed by atoms with E-state index < -0.39 is 0 Å². The van der Waals surface area contributed by atoms with Crippen LogP contribution in [-0.2, 0) is 11.2 Å². The van der Waals surface area contributed by atoms with Crippen LogP contribution in [0.1, 0.15) is 44.2 Å². The summed E-state index contributed by atoms with van der Waals surface area (Å²) in [5.41, 5.74) is 1.23. The van der Waals surface area contributed by atoms with Crippen LogP contribution in [0, 0.1) is 5.92 Å². The summed E-state index contributed by atoms with van der Waals surface area (Å²) in [6.45, 7) is 4.49. The highest BCUT2D eigenvalue weighted by Gasteiger charge is 2.25. The molecule has 134 valence electrons. The lowest BCUT2D eigenvalue weighted by atomic mass is 9.93. The number of rotatable bonds is 6. The second-order valence-corrected chi connectivity index (χ2v) is 7.62. The fourth-order valence-corrected chi connectivity index (χ4v) is 4.06. The number of pyridine rings is 1. The predicted octanol–water partition coefficient (Wildman–Crippen LogP) is 3.36. The molecule has 2 aliphatic heterocycles. The van der Waals surface area contributed by atoms with E-state index in [9.17, 15) is 0 Å². The summed E-state index contributed by atoms with van der Waals surface area (Å²) in [5.74, 6) is 1.91. The molecule has 0 amide bonds. The quantitative estimate of drug-likeness (QED) is 0.799. The van der Waals surface area contributed by atoms with E-state index in [4.69, 9.17) is 9.72 Å². The Kier molecular flexibility index (Phi) is 6.50. The maximum absolute atomic E-state index is 5.52. The minimum Gasteiger partial charge on any atom is -0.381 e. The fourth-order valence-electron chi connectivity index (χ4n) is 4.06. The summed E-state index contributed by atoms with van der Waals surface area (Å²) in [7, 11) is 4.12. The average Bonchev–Trinajstić information content (AvgIpc) is 2.62. The SMILES string of the molecule is CN(C)c1cccc(CCC2CCCCN2CC2CCOCC2)n1. The highest BCUT2D eigenvalue weighted by Crippen LogP contribution is 2.25. The van der Waals surface area contributed by atoms with Gasteiger partial charge in [-0.25, -0.2) is 4.98 Å². The van der Waals surface area contributed by atoms with Gasteiger partial charge in [-0.3, -0.25) is 0 Å². The third kappa shape index (κ3) is 4.93. The molecular weight excluding hydrogens is 298 g/mol. The minimum atomic E-state index is 0.742. The minimum absolute atomic E-state index is 0.742. The third-order valence-electron chi connectivity index (χ3n) is 5.57. The lowest BCUT2D eigenvalue weighted by Gasteiger charge is -2.39. The molecule has 24 heavy (non-hydrogen) atoms. The van der Waals surface area contributed by atoms with Gasteiger partial charge in [0.05, 0.1) is 0 Å². The van der Waals surface area contributed by atoms with Crippen molar-refractivity contribution in [3.63, 3.8) is 0 Å². The molecule has 2 fully saturated rings. The van der Waals surface area contributed by atoms with Crippen LogP contribution in [0.2, 0.25) is 0 Å². The van der Waals surface area contributed by atoms with Crippen LogP contribution in [0.5, 0.6) is 0 Å². The van der Waals surface area contributed by atoms with Crippen LogP contribution in [0.25, 0.3) is 0 Å². The molecule has 0 aliphatic carbocycles. The van der Waals surface area contributed by atoms with Crippen LogP contribution in [0.4, 0.5) is 5.82 Å². The average molecular weight is 332 g/mol. The first-order valence-corrected chi connectivity index (χ1v) is 9.67. The molecule has 0 saturated carbocycles. The number of aromatic nitrogens is 1. The van der Waals surface area contributed by atoms with Gasteiger partial charge >= 0.3 is 0 Å². The first kappa shape index (κ1) is 17.7. The Morgan fingerprint density at radius 1 is 1.17 bits per heavy atom. The van der Waals surface area contributed by atoms with Gasteiger partial charge in [0, 0.05) is 45.6 Å². The molecule has 2 aliphatic rings. The van der Waals surface area contributed by atoms with E-state index in [1.807, 2.05) is 0 Å². The molecule has 1 aromatic rings. The van der Waals surface area contributed by atoms with Crippen molar-refractivity contribution in [1.29, 1.82) is 0 Å². The van der Waals surface area contributed by atoms with E-state index in [0.717, 1.165) is 37.4 Å². The van der Waals surface area contributed by atoms with Crippen molar-refractivity contribution in [3.8, 4) is 0 Å². The lowest BCUT2D eigenvalue weighted by molar-refractivity contribution is 0.0373. The Bertz CT molecular complexity index is 499. The molecule has 0 N–H and O–H groups in total. The van der Waals surface area contributed by atoms with Crippen LogP contribution in [-0.4, -0.2) is 56.3 Å². The number of likely N-dealkylation sites (tertiary alicyclic amines) is 1. The molecular formula is C20H33N3O. The van der Waals surface area contributed by atoms with Crippen LogP contribution >= 0.6 is 0 Å². The number of anilines is 1. The van der Waals surface area contributed by atoms with E-state index in [-0.39, 0.29) is 0 Å². The normalized spacial score (nSPS) is 23.3. The molecule has 0 spiro atoms. The standard InChI is InChI=1S/C20H33N3O/c1-22(2)20-8-5-6-18(21-20)9-10-19-7-3-4-13-23(19)16-17-11-14-24-15-12-17/h5-6,8,17,19H,3-4,7,9-16H2,1-2H3. The molecule has 0 bridgehead atoms. The zero-order chi connectivity index (χ0) is 16.8. The maximum atomic E-state index is 5.52. The van der Waals surface area contributed by atoms with Gasteiger partial charge in [0.1, 0.15) is 5.82 Å². The molecule has 3 heterocycles. The van der Waals surface area contributed by atoms with Gasteiger partial charge in [0.15, 0.2) is 0 Å². The predicted molar refractivity (Wildman–Crippen MR) is 99.6 cm³/mol. The monoisotopic (exact) mass is 331 g/mol. The second kappa shape index (κ2) is 8.82. The molecule has 1 atom stereocenters. The topological polar surface area (TPSA) is 28.6 Å². The van der Waals surface area contributed by atoms with Gasteiger partial charge in [-0.15, -0.1) is 0 Å². The second-order valence-electron chi connectivity index (χ2n) is 7.62. The van der Waals surface area contributed by atoms with Gasteiger partial charge in [-0.1, -0.05) is 12.5 Å². The number of piperidine rings is 1. The molecule has 1 unspecified atom stereocenters. The molecule has 4 heteroatoms. The molecule has 4 nitrogen and oxygen atoms in total. The summed E-state index contributed by atoms with van der Waals surface area (Å²) in [6.07, 6.45) is 8.94. The number of hydrogen-bond acceptors (Lipinski definition) is 4. The summed E-state index contributed by atoms with van der Waals surface area (Å²) < 4.78 is 5.52. The largest absolute Gasteiger partial charge is 0.381 e. The van der Waals surface area contributed by atoms with Crippen molar-refractivity contribution < 1.29 is 4.74 Å². The Balaban J connectivity index is 1.54. The van der Waals surface area contributed by atoms with Crippen LogP contribution in [0.15, 0.2) is 18.2 Å². The Morgan fingerprint density at radius 2 is 2.00 bits per heavy atom. The Hall–Kier alpha value is -1.13. The number of nitrogens with zero attached hydrogens (tertiary/aromatic N) is 3. The zero-order valence-corrected chi connectivity index (χ0v) is 15.4. The van der Waals surface area contributed by atoms with Crippen molar-refractivity contribution in [2.45, 2.75) is 51.0 Å². The van der Waals surface area contributed by atoms with E-state index in [1.165, 1.54) is 57.3 Å². The number of hydrogen-bond donors (Lipinski definition) is 0. The highest BCUT2D eigenvalue weighted by molar-refractivity contribution is 5.37. The van der Waals surface area contributed by atoms with Crippen LogP contribution < -0.4 is 4.90 Å². The van der Waals surface area contributed by atoms with E-state index in [1.54, 1.807) is 0 Å². The Labute approximate surface area is 147 Å². The maximum Gasteiger partial charge on any atom is 0.128 e. The Morgan fingerprint density at radius 3 is 2.79 bits per heavy atom. The van der Waals surface area contributed by atoms with Gasteiger partial charge in [-0.2, -0.15) is 0 Å². The highest BCUT2D eigenvalue weighted by atomic mass is 16.5. The lowest BCUT2D eigenvalue weighted by Crippen LogP contribution is -2.43. The van der Waals surface area contributed by atoms with Crippen LogP contribution in [0.3, 0.4) is 0 Å². The smallest absolute Gasteiger partial charge is 0.128 e. The van der Waals surface area contributed by atoms with Crippen molar-refractivity contribution in [3.05, 3.63) is 23.9 Å². The third-order valence-corrected chi connectivity index (χ3v) is 5.57. The van der Waals surface area contributed by atoms with E-state index in [0.29, 0.717) is 0 Å². The van der Waals surface area contributed by atoms with Crippen molar-refractivity contribution in [2.24, 2.45) is 5.92 Å². The summed E-state index contributed by atoms with van der Waals surface area (Å²) in [6, 6.07) is 7.14. The van der Waals surface area contributed by atoms with Gasteiger partial charge < -0.3 is 14.5 Å². The summed E-state index contributed by atoms with van der Waals surface area (Å²) >= 11 is 0. The molecule has 1 aromatic heterocycles. The van der Waals surface area contributed by atoms with Gasteiger partial charge in [-0.05, 0) is 63.1 Å². The van der Waals surface area contributed by atoms with Gasteiger partial charge in [0.2, 0.25) is 0 Å². The van der Waals surface area contributed by atoms with Crippen molar-refractivity contribution >= 4 is 5.82 Å². The molecule has 2 saturated heterocycles. The molecule has 0 aromatic carbocycles. The van der Waals surface area contributed by atoms with E-state index >= 15 is 0 Å². The first-order valence-electron chi connectivity index (χ1n) is 9.67. The van der Waals surface area contributed by atoms with Crippen molar-refractivity contribution in [1.82, 2.24) is 9.88 Å². The zero-order valence-electron chi connectivity index (χ0n) is 15.4. The first-order chi connectivity index (χ1) is 11.7. The van der Waals surface area contributed by atoms with E-state index in [2.05, 4.69) is 42.1 Å². The summed E-state index contributed by atoms with van der Waals surface area (Å²) in [5, 5.41) is 0. The van der Waals surface area contributed by atoms with Gasteiger partial charge in [0.25, 0.3) is 0 Å². The van der Waals surface area contributed by atoms with Crippen molar-refractivity contribution in [2.75, 3.05) is 45.3 Å². The molecule has 3 rings (SSSR count).